The van der Waals surface area contributed by atoms with E-state index < -0.39 is 0 Å². The smallest absolute Gasteiger partial charge is 0.222 e. The van der Waals surface area contributed by atoms with Crippen molar-refractivity contribution in [2.45, 2.75) is 58.4 Å². The summed E-state index contributed by atoms with van der Waals surface area (Å²) in [6.45, 7) is 7.53. The highest BCUT2D eigenvalue weighted by Crippen LogP contribution is 2.29. The quantitative estimate of drug-likeness (QED) is 0.756. The predicted molar refractivity (Wildman–Crippen MR) is 85.0 cm³/mol. The van der Waals surface area contributed by atoms with E-state index in [1.54, 1.807) is 0 Å². The van der Waals surface area contributed by atoms with Crippen molar-refractivity contribution in [1.29, 1.82) is 0 Å². The molecule has 21 heavy (non-hydrogen) atoms. The average molecular weight is 296 g/mol. The molecule has 2 N–H and O–H groups in total. The van der Waals surface area contributed by atoms with Gasteiger partial charge in [0.25, 0.3) is 0 Å². The SMILES string of the molecule is CC(C)C(=O)NC1CC(CCCO)CN(CC2CCC2)C1. The van der Waals surface area contributed by atoms with Crippen molar-refractivity contribution in [2.24, 2.45) is 17.8 Å². The lowest BCUT2D eigenvalue weighted by Crippen LogP contribution is -2.52. The molecule has 1 heterocycles. The molecule has 2 fully saturated rings. The first-order valence-electron chi connectivity index (χ1n) is 8.72. The zero-order valence-electron chi connectivity index (χ0n) is 13.7. The maximum atomic E-state index is 12.0. The predicted octanol–water partition coefficient (Wildman–Crippen LogP) is 2.02. The number of carbonyl (C=O) groups excluding carboxylic acids is 1. The van der Waals surface area contributed by atoms with Gasteiger partial charge in [0, 0.05) is 38.2 Å². The van der Waals surface area contributed by atoms with E-state index in [2.05, 4.69) is 10.2 Å². The standard InChI is InChI=1S/C17H32N2O2/c1-13(2)17(21)18-16-9-15(7-4-8-20)11-19(12-16)10-14-5-3-6-14/h13-16,20H,3-12H2,1-2H3,(H,18,21). The molecule has 1 saturated heterocycles. The second-order valence-electron chi connectivity index (χ2n) is 7.34. The number of amides is 1. The van der Waals surface area contributed by atoms with Crippen LogP contribution in [0, 0.1) is 17.8 Å². The molecule has 0 aromatic rings. The van der Waals surface area contributed by atoms with E-state index in [4.69, 9.17) is 5.11 Å². The van der Waals surface area contributed by atoms with Gasteiger partial charge in [-0.3, -0.25) is 4.79 Å². The molecule has 1 amide bonds. The van der Waals surface area contributed by atoms with Gasteiger partial charge in [0.2, 0.25) is 5.91 Å². The molecule has 122 valence electrons. The van der Waals surface area contributed by atoms with E-state index in [0.717, 1.165) is 38.3 Å². The number of aliphatic hydroxyl groups excluding tert-OH is 1. The topological polar surface area (TPSA) is 52.6 Å². The van der Waals surface area contributed by atoms with Crippen LogP contribution >= 0.6 is 0 Å². The largest absolute Gasteiger partial charge is 0.396 e. The Morgan fingerprint density at radius 3 is 2.62 bits per heavy atom. The molecule has 2 aliphatic rings. The van der Waals surface area contributed by atoms with Gasteiger partial charge in [0.05, 0.1) is 0 Å². The van der Waals surface area contributed by atoms with Gasteiger partial charge < -0.3 is 15.3 Å². The molecule has 2 atom stereocenters. The van der Waals surface area contributed by atoms with Crippen LogP contribution in [0.15, 0.2) is 0 Å². The van der Waals surface area contributed by atoms with Crippen LogP contribution in [-0.4, -0.2) is 48.2 Å². The van der Waals surface area contributed by atoms with E-state index in [0.29, 0.717) is 5.92 Å². The molecule has 4 heteroatoms. The van der Waals surface area contributed by atoms with Crippen molar-refractivity contribution in [3.05, 3.63) is 0 Å². The Bertz CT molecular complexity index is 329. The van der Waals surface area contributed by atoms with Crippen LogP contribution in [0.4, 0.5) is 0 Å². The number of carbonyl (C=O) groups is 1. The number of rotatable bonds is 7. The summed E-state index contributed by atoms with van der Waals surface area (Å²) in [6.07, 6.45) is 7.17. The second-order valence-corrected chi connectivity index (χ2v) is 7.34. The van der Waals surface area contributed by atoms with Crippen molar-refractivity contribution in [3.8, 4) is 0 Å². The molecule has 0 radical (unpaired) electrons. The first-order valence-corrected chi connectivity index (χ1v) is 8.72. The fourth-order valence-electron chi connectivity index (χ4n) is 3.55. The summed E-state index contributed by atoms with van der Waals surface area (Å²) in [4.78, 5) is 14.5. The number of hydrogen-bond donors (Lipinski definition) is 2. The van der Waals surface area contributed by atoms with Gasteiger partial charge in [-0.2, -0.15) is 0 Å². The Balaban J connectivity index is 1.87. The minimum Gasteiger partial charge on any atom is -0.396 e. The van der Waals surface area contributed by atoms with Crippen LogP contribution in [0.2, 0.25) is 0 Å². The average Bonchev–Trinajstić information content (AvgIpc) is 2.40. The van der Waals surface area contributed by atoms with Gasteiger partial charge in [-0.15, -0.1) is 0 Å². The zero-order chi connectivity index (χ0) is 15.2. The Hall–Kier alpha value is -0.610. The molecular weight excluding hydrogens is 264 g/mol. The fraction of sp³-hybridized carbons (Fsp3) is 0.941. The third-order valence-corrected chi connectivity index (χ3v) is 5.00. The molecule has 1 saturated carbocycles. The first-order chi connectivity index (χ1) is 10.1. The van der Waals surface area contributed by atoms with Gasteiger partial charge in [0.1, 0.15) is 0 Å². The Morgan fingerprint density at radius 2 is 2.05 bits per heavy atom. The lowest BCUT2D eigenvalue weighted by molar-refractivity contribution is -0.125. The molecule has 0 aromatic heterocycles. The summed E-state index contributed by atoms with van der Waals surface area (Å²) < 4.78 is 0. The van der Waals surface area contributed by atoms with Gasteiger partial charge in [-0.1, -0.05) is 20.3 Å². The maximum Gasteiger partial charge on any atom is 0.222 e. The van der Waals surface area contributed by atoms with Crippen LogP contribution in [0.1, 0.15) is 52.4 Å². The van der Waals surface area contributed by atoms with Crippen LogP contribution in [0.25, 0.3) is 0 Å². The Labute approximate surface area is 129 Å². The number of nitrogens with zero attached hydrogens (tertiary/aromatic N) is 1. The molecule has 1 aliphatic carbocycles. The summed E-state index contributed by atoms with van der Waals surface area (Å²) in [6, 6.07) is 0.289. The molecule has 2 rings (SSSR count). The number of piperidine rings is 1. The van der Waals surface area contributed by atoms with Crippen molar-refractivity contribution in [1.82, 2.24) is 10.2 Å². The third kappa shape index (κ3) is 5.26. The lowest BCUT2D eigenvalue weighted by Gasteiger charge is -2.41. The van der Waals surface area contributed by atoms with E-state index in [-0.39, 0.29) is 24.5 Å². The molecule has 0 bridgehead atoms. The summed E-state index contributed by atoms with van der Waals surface area (Å²) in [7, 11) is 0. The van der Waals surface area contributed by atoms with Crippen LogP contribution < -0.4 is 5.32 Å². The molecular formula is C17H32N2O2. The minimum absolute atomic E-state index is 0.0582. The van der Waals surface area contributed by atoms with Gasteiger partial charge >= 0.3 is 0 Å². The van der Waals surface area contributed by atoms with E-state index in [9.17, 15) is 4.79 Å². The lowest BCUT2D eigenvalue weighted by atomic mass is 9.83. The van der Waals surface area contributed by atoms with Gasteiger partial charge in [-0.05, 0) is 43.9 Å². The highest BCUT2D eigenvalue weighted by molar-refractivity contribution is 5.78. The van der Waals surface area contributed by atoms with E-state index >= 15 is 0 Å². The summed E-state index contributed by atoms with van der Waals surface area (Å²) in [5.41, 5.74) is 0. The molecule has 4 nitrogen and oxygen atoms in total. The van der Waals surface area contributed by atoms with E-state index in [1.165, 1.54) is 25.8 Å². The highest BCUT2D eigenvalue weighted by Gasteiger charge is 2.30. The van der Waals surface area contributed by atoms with Crippen LogP contribution in [0.5, 0.6) is 0 Å². The fourth-order valence-corrected chi connectivity index (χ4v) is 3.55. The van der Waals surface area contributed by atoms with Crippen LogP contribution in [0.3, 0.4) is 0 Å². The highest BCUT2D eigenvalue weighted by atomic mass is 16.2. The van der Waals surface area contributed by atoms with Crippen molar-refractivity contribution >= 4 is 5.91 Å². The van der Waals surface area contributed by atoms with Gasteiger partial charge in [-0.25, -0.2) is 0 Å². The second kappa shape index (κ2) is 8.14. The van der Waals surface area contributed by atoms with Crippen molar-refractivity contribution < 1.29 is 9.90 Å². The Morgan fingerprint density at radius 1 is 1.29 bits per heavy atom. The first kappa shape index (κ1) is 16.8. The summed E-state index contributed by atoms with van der Waals surface area (Å²) in [5.74, 6) is 1.72. The van der Waals surface area contributed by atoms with Crippen LogP contribution in [-0.2, 0) is 4.79 Å². The molecule has 0 aromatic carbocycles. The summed E-state index contributed by atoms with van der Waals surface area (Å²) in [5, 5.41) is 12.3. The zero-order valence-corrected chi connectivity index (χ0v) is 13.7. The molecule has 1 aliphatic heterocycles. The number of hydrogen-bond acceptors (Lipinski definition) is 3. The number of likely N-dealkylation sites (tertiary alicyclic amines) is 1. The number of aliphatic hydroxyl groups is 1. The van der Waals surface area contributed by atoms with Crippen molar-refractivity contribution in [2.75, 3.05) is 26.2 Å². The van der Waals surface area contributed by atoms with Crippen molar-refractivity contribution in [3.63, 3.8) is 0 Å². The van der Waals surface area contributed by atoms with E-state index in [1.807, 2.05) is 13.8 Å². The monoisotopic (exact) mass is 296 g/mol. The number of nitrogens with one attached hydrogen (secondary N) is 1. The third-order valence-electron chi connectivity index (χ3n) is 5.00. The molecule has 0 spiro atoms. The molecule has 2 unspecified atom stereocenters. The maximum absolute atomic E-state index is 12.0. The van der Waals surface area contributed by atoms with Gasteiger partial charge in [0.15, 0.2) is 0 Å². The minimum atomic E-state index is 0.0582. The normalized spacial score (nSPS) is 27.6. The summed E-state index contributed by atoms with van der Waals surface area (Å²) >= 11 is 0. The Kier molecular flexibility index (Phi) is 6.49.